The minimum atomic E-state index is -0.504. The molecule has 0 spiro atoms. The molecule has 0 aliphatic heterocycles. The number of aromatic nitrogens is 5. The molecule has 0 aliphatic rings. The van der Waals surface area contributed by atoms with Crippen LogP contribution in [0.1, 0.15) is 23.0 Å². The Morgan fingerprint density at radius 2 is 1.85 bits per heavy atom. The summed E-state index contributed by atoms with van der Waals surface area (Å²) in [5.74, 6) is 0.165. The van der Waals surface area contributed by atoms with Crippen molar-refractivity contribution in [3.8, 4) is 22.8 Å². The summed E-state index contributed by atoms with van der Waals surface area (Å²) < 4.78 is 5.46. The van der Waals surface area contributed by atoms with Gasteiger partial charge in [0.1, 0.15) is 17.8 Å². The van der Waals surface area contributed by atoms with Crippen molar-refractivity contribution in [2.45, 2.75) is 13.3 Å². The average molecular weight is 437 g/mol. The number of pyridine rings is 2. The highest BCUT2D eigenvalue weighted by atomic mass is 16.3. The molecule has 0 saturated heterocycles. The molecule has 9 heteroatoms. The number of nitrogens with zero attached hydrogens (tertiary/aromatic N) is 5. The van der Waals surface area contributed by atoms with E-state index in [0.717, 1.165) is 22.0 Å². The number of benzene rings is 1. The SMILES string of the molecule is CCc1cccnc1NC(=O)c1nc(-c2ccc3ncccc3c2)c(-c2ncco2)nc1N. The first kappa shape index (κ1) is 20.3. The van der Waals surface area contributed by atoms with E-state index in [1.54, 1.807) is 12.4 Å². The molecule has 5 aromatic rings. The van der Waals surface area contributed by atoms with Crippen LogP contribution in [-0.2, 0) is 6.42 Å². The van der Waals surface area contributed by atoms with Gasteiger partial charge in [0.15, 0.2) is 17.2 Å². The zero-order valence-electron chi connectivity index (χ0n) is 17.7. The molecule has 162 valence electrons. The Labute approximate surface area is 188 Å². The number of amides is 1. The lowest BCUT2D eigenvalue weighted by Gasteiger charge is -2.12. The maximum atomic E-state index is 13.1. The molecule has 9 nitrogen and oxygen atoms in total. The minimum absolute atomic E-state index is 0.0145. The highest BCUT2D eigenvalue weighted by Gasteiger charge is 2.23. The summed E-state index contributed by atoms with van der Waals surface area (Å²) in [5, 5.41) is 3.72. The summed E-state index contributed by atoms with van der Waals surface area (Å²) in [7, 11) is 0. The van der Waals surface area contributed by atoms with E-state index in [9.17, 15) is 4.79 Å². The number of carbonyl (C=O) groups excluding carboxylic acids is 1. The molecule has 0 radical (unpaired) electrons. The molecule has 0 aliphatic carbocycles. The molecule has 0 bridgehead atoms. The van der Waals surface area contributed by atoms with E-state index in [-0.39, 0.29) is 17.4 Å². The van der Waals surface area contributed by atoms with Gasteiger partial charge in [-0.25, -0.2) is 19.9 Å². The Balaban J connectivity index is 1.63. The molecule has 0 fully saturated rings. The van der Waals surface area contributed by atoms with Gasteiger partial charge >= 0.3 is 0 Å². The molecule has 5 rings (SSSR count). The summed E-state index contributed by atoms with van der Waals surface area (Å²) in [6, 6.07) is 13.2. The summed E-state index contributed by atoms with van der Waals surface area (Å²) in [6.07, 6.45) is 7.01. The number of rotatable bonds is 5. The van der Waals surface area contributed by atoms with Gasteiger partial charge < -0.3 is 15.5 Å². The summed E-state index contributed by atoms with van der Waals surface area (Å²) in [5.41, 5.74) is 9.35. The molecule has 4 heterocycles. The fraction of sp³-hybridized carbons (Fsp3) is 0.0833. The lowest BCUT2D eigenvalue weighted by atomic mass is 10.1. The van der Waals surface area contributed by atoms with Gasteiger partial charge in [0.25, 0.3) is 5.91 Å². The number of anilines is 2. The van der Waals surface area contributed by atoms with E-state index in [0.29, 0.717) is 23.6 Å². The highest BCUT2D eigenvalue weighted by Crippen LogP contribution is 2.31. The molecule has 0 unspecified atom stereocenters. The first-order valence-corrected chi connectivity index (χ1v) is 10.3. The fourth-order valence-corrected chi connectivity index (χ4v) is 3.53. The fourth-order valence-electron chi connectivity index (χ4n) is 3.53. The topological polar surface area (TPSA) is 133 Å². The van der Waals surface area contributed by atoms with Gasteiger partial charge in [0, 0.05) is 23.3 Å². The van der Waals surface area contributed by atoms with Gasteiger partial charge in [-0.3, -0.25) is 9.78 Å². The van der Waals surface area contributed by atoms with Crippen LogP contribution in [0, 0.1) is 0 Å². The third-order valence-electron chi connectivity index (χ3n) is 5.15. The van der Waals surface area contributed by atoms with Gasteiger partial charge in [-0.15, -0.1) is 0 Å². The Bertz CT molecular complexity index is 1470. The molecular weight excluding hydrogens is 418 g/mol. The molecule has 1 amide bonds. The van der Waals surface area contributed by atoms with Crippen molar-refractivity contribution in [2.75, 3.05) is 11.1 Å². The van der Waals surface area contributed by atoms with Crippen LogP contribution in [0.25, 0.3) is 33.7 Å². The van der Waals surface area contributed by atoms with Crippen molar-refractivity contribution in [3.63, 3.8) is 0 Å². The maximum absolute atomic E-state index is 13.1. The molecule has 0 saturated carbocycles. The first-order valence-electron chi connectivity index (χ1n) is 10.3. The van der Waals surface area contributed by atoms with Gasteiger partial charge in [0.2, 0.25) is 5.89 Å². The van der Waals surface area contributed by atoms with Crippen LogP contribution in [0.2, 0.25) is 0 Å². The maximum Gasteiger partial charge on any atom is 0.279 e. The smallest absolute Gasteiger partial charge is 0.279 e. The van der Waals surface area contributed by atoms with E-state index < -0.39 is 5.91 Å². The summed E-state index contributed by atoms with van der Waals surface area (Å²) >= 11 is 0. The molecule has 0 atom stereocenters. The van der Waals surface area contributed by atoms with Crippen LogP contribution in [0.3, 0.4) is 0 Å². The predicted octanol–water partition coefficient (Wildman–Crippen LogP) is 4.14. The Hall–Kier alpha value is -4.66. The van der Waals surface area contributed by atoms with Crippen LogP contribution >= 0.6 is 0 Å². The number of hydrogen-bond donors (Lipinski definition) is 2. The van der Waals surface area contributed by atoms with Crippen LogP contribution in [-0.4, -0.2) is 30.8 Å². The number of fused-ring (bicyclic) bond motifs is 1. The van der Waals surface area contributed by atoms with E-state index in [1.165, 1.54) is 12.5 Å². The number of nitrogens with one attached hydrogen (secondary N) is 1. The number of nitrogen functional groups attached to an aromatic ring is 1. The molecule has 1 aromatic carbocycles. The van der Waals surface area contributed by atoms with Crippen molar-refractivity contribution in [1.29, 1.82) is 0 Å². The number of hydrogen-bond acceptors (Lipinski definition) is 8. The lowest BCUT2D eigenvalue weighted by molar-refractivity contribution is 0.102. The lowest BCUT2D eigenvalue weighted by Crippen LogP contribution is -2.19. The van der Waals surface area contributed by atoms with Crippen LogP contribution in [0.15, 0.2) is 71.7 Å². The van der Waals surface area contributed by atoms with Crippen LogP contribution in [0.4, 0.5) is 11.6 Å². The number of carbonyl (C=O) groups is 1. The van der Waals surface area contributed by atoms with E-state index in [2.05, 4.69) is 30.2 Å². The Morgan fingerprint density at radius 1 is 1.00 bits per heavy atom. The van der Waals surface area contributed by atoms with Gasteiger partial charge in [-0.05, 0) is 36.2 Å². The number of aryl methyl sites for hydroxylation is 1. The van der Waals surface area contributed by atoms with Crippen molar-refractivity contribution in [2.24, 2.45) is 0 Å². The Morgan fingerprint density at radius 3 is 2.67 bits per heavy atom. The van der Waals surface area contributed by atoms with E-state index in [1.807, 2.05) is 49.4 Å². The molecular formula is C24H19N7O2. The Kier molecular flexibility index (Phi) is 5.19. The van der Waals surface area contributed by atoms with E-state index >= 15 is 0 Å². The second-order valence-corrected chi connectivity index (χ2v) is 7.22. The first-order chi connectivity index (χ1) is 16.1. The van der Waals surface area contributed by atoms with E-state index in [4.69, 9.17) is 10.2 Å². The van der Waals surface area contributed by atoms with Crippen LogP contribution < -0.4 is 11.1 Å². The highest BCUT2D eigenvalue weighted by molar-refractivity contribution is 6.06. The molecule has 4 aromatic heterocycles. The zero-order valence-corrected chi connectivity index (χ0v) is 17.7. The van der Waals surface area contributed by atoms with Gasteiger partial charge in [-0.1, -0.05) is 25.1 Å². The average Bonchev–Trinajstić information content (AvgIpc) is 3.39. The number of nitrogens with two attached hydrogens (primary N) is 1. The number of oxazole rings is 1. The normalized spacial score (nSPS) is 10.9. The second kappa shape index (κ2) is 8.46. The predicted molar refractivity (Wildman–Crippen MR) is 124 cm³/mol. The summed E-state index contributed by atoms with van der Waals surface area (Å²) in [4.78, 5) is 35.0. The van der Waals surface area contributed by atoms with Gasteiger partial charge in [-0.2, -0.15) is 0 Å². The van der Waals surface area contributed by atoms with Crippen molar-refractivity contribution < 1.29 is 9.21 Å². The van der Waals surface area contributed by atoms with Crippen molar-refractivity contribution in [1.82, 2.24) is 24.9 Å². The van der Waals surface area contributed by atoms with Crippen LogP contribution in [0.5, 0.6) is 0 Å². The largest absolute Gasteiger partial charge is 0.443 e. The second-order valence-electron chi connectivity index (χ2n) is 7.22. The minimum Gasteiger partial charge on any atom is -0.443 e. The van der Waals surface area contributed by atoms with Crippen molar-refractivity contribution >= 4 is 28.4 Å². The zero-order chi connectivity index (χ0) is 22.8. The molecule has 33 heavy (non-hydrogen) atoms. The standard InChI is InChI=1S/C24H19N7O2/c1-2-14-5-3-10-27-22(14)31-23(32)20-21(25)30-19(24-28-11-12-33-24)18(29-20)16-7-8-17-15(13-16)6-4-9-26-17/h3-13H,2H2,1H3,(H2,25,30)(H,27,31,32). The quantitative estimate of drug-likeness (QED) is 0.419. The van der Waals surface area contributed by atoms with Gasteiger partial charge in [0.05, 0.1) is 11.7 Å². The third kappa shape index (κ3) is 3.87. The third-order valence-corrected chi connectivity index (χ3v) is 5.15. The molecule has 3 N–H and O–H groups in total. The summed E-state index contributed by atoms with van der Waals surface area (Å²) in [6.45, 7) is 1.98. The monoisotopic (exact) mass is 437 g/mol. The van der Waals surface area contributed by atoms with Crippen molar-refractivity contribution in [3.05, 3.63) is 78.6 Å².